The molecule has 7 nitrogen and oxygen atoms in total. The number of anilines is 2. The van der Waals surface area contributed by atoms with Crippen LogP contribution in [0.4, 0.5) is 11.4 Å². The zero-order valence-corrected chi connectivity index (χ0v) is 25.8. The molecular formula is C36H37ClN4O3. The molecule has 5 rings (SSSR count). The first-order chi connectivity index (χ1) is 21.4. The van der Waals surface area contributed by atoms with Crippen molar-refractivity contribution in [1.82, 2.24) is 9.80 Å². The highest BCUT2D eigenvalue weighted by Crippen LogP contribution is 2.29. The van der Waals surface area contributed by atoms with Crippen LogP contribution in [-0.2, 0) is 11.3 Å². The van der Waals surface area contributed by atoms with Crippen LogP contribution in [0.15, 0.2) is 103 Å². The summed E-state index contributed by atoms with van der Waals surface area (Å²) in [5.41, 5.74) is 4.16. The van der Waals surface area contributed by atoms with Crippen molar-refractivity contribution in [3.05, 3.63) is 130 Å². The van der Waals surface area contributed by atoms with Crippen LogP contribution >= 0.6 is 11.6 Å². The van der Waals surface area contributed by atoms with E-state index >= 15 is 0 Å². The molecule has 1 N–H and O–H groups in total. The lowest BCUT2D eigenvalue weighted by Crippen LogP contribution is -2.50. The van der Waals surface area contributed by atoms with Crippen molar-refractivity contribution in [3.63, 3.8) is 0 Å². The molecule has 0 aromatic heterocycles. The molecule has 0 bridgehead atoms. The third-order valence-corrected chi connectivity index (χ3v) is 8.38. The number of benzene rings is 4. The van der Waals surface area contributed by atoms with Crippen molar-refractivity contribution in [2.45, 2.75) is 25.8 Å². The number of nitrogens with one attached hydrogen (secondary N) is 1. The van der Waals surface area contributed by atoms with Gasteiger partial charge in [-0.05, 0) is 47.9 Å². The van der Waals surface area contributed by atoms with Gasteiger partial charge in [0.15, 0.2) is 0 Å². The van der Waals surface area contributed by atoms with Crippen LogP contribution in [0.5, 0.6) is 0 Å². The van der Waals surface area contributed by atoms with E-state index in [4.69, 9.17) is 11.6 Å². The second kappa shape index (κ2) is 14.2. The van der Waals surface area contributed by atoms with Crippen LogP contribution < -0.4 is 10.2 Å². The predicted molar refractivity (Wildman–Crippen MR) is 176 cm³/mol. The lowest BCUT2D eigenvalue weighted by molar-refractivity contribution is -0.133. The highest BCUT2D eigenvalue weighted by molar-refractivity contribution is 6.34. The van der Waals surface area contributed by atoms with E-state index in [1.54, 1.807) is 48.3 Å². The number of rotatable bonds is 9. The van der Waals surface area contributed by atoms with Gasteiger partial charge in [0.05, 0.1) is 22.1 Å². The monoisotopic (exact) mass is 608 g/mol. The Labute approximate surface area is 264 Å². The van der Waals surface area contributed by atoms with Gasteiger partial charge >= 0.3 is 0 Å². The van der Waals surface area contributed by atoms with Gasteiger partial charge in [-0.15, -0.1) is 0 Å². The lowest BCUT2D eigenvalue weighted by atomic mass is 9.94. The molecule has 8 heteroatoms. The molecular weight excluding hydrogens is 572 g/mol. The molecule has 226 valence electrons. The van der Waals surface area contributed by atoms with Crippen LogP contribution in [0, 0.1) is 0 Å². The minimum atomic E-state index is -0.351. The standard InChI is InChI=1S/C36H37ClN4O3/c1-3-29(27-14-8-5-9-15-27)36(44)41-22-20-40(21-23-41)33-19-18-28(38-34(42)30-16-10-11-17-32(30)37)24-31(33)35(43)39(2)25-26-12-6-4-7-13-26/h4-19,24,29H,3,20-23,25H2,1-2H3,(H,38,42)/t29-/m1/s1. The third-order valence-electron chi connectivity index (χ3n) is 8.05. The van der Waals surface area contributed by atoms with E-state index in [0.29, 0.717) is 54.6 Å². The van der Waals surface area contributed by atoms with E-state index in [-0.39, 0.29) is 23.6 Å². The van der Waals surface area contributed by atoms with Crippen LogP contribution in [0.1, 0.15) is 51.1 Å². The fourth-order valence-electron chi connectivity index (χ4n) is 5.67. The van der Waals surface area contributed by atoms with E-state index in [1.165, 1.54) is 0 Å². The number of nitrogens with zero attached hydrogens (tertiary/aromatic N) is 3. The quantitative estimate of drug-likeness (QED) is 0.229. The van der Waals surface area contributed by atoms with E-state index in [9.17, 15) is 14.4 Å². The second-order valence-electron chi connectivity index (χ2n) is 11.0. The molecule has 0 saturated carbocycles. The molecule has 0 unspecified atom stereocenters. The first kappa shape index (κ1) is 30.8. The van der Waals surface area contributed by atoms with Crippen molar-refractivity contribution in [3.8, 4) is 0 Å². The molecule has 1 aliphatic rings. The molecule has 44 heavy (non-hydrogen) atoms. The maximum absolute atomic E-state index is 13.9. The fourth-order valence-corrected chi connectivity index (χ4v) is 5.89. The van der Waals surface area contributed by atoms with Gasteiger partial charge in [0.1, 0.15) is 0 Å². The third kappa shape index (κ3) is 7.12. The van der Waals surface area contributed by atoms with Gasteiger partial charge in [0.25, 0.3) is 11.8 Å². The van der Waals surface area contributed by atoms with Crippen LogP contribution in [0.25, 0.3) is 0 Å². The SMILES string of the molecule is CC[C@@H](C(=O)N1CCN(c2ccc(NC(=O)c3ccccc3Cl)cc2C(=O)N(C)Cc2ccccc2)CC1)c1ccccc1. The lowest BCUT2D eigenvalue weighted by Gasteiger charge is -2.38. The Morgan fingerprint density at radius 2 is 1.45 bits per heavy atom. The van der Waals surface area contributed by atoms with E-state index < -0.39 is 0 Å². The van der Waals surface area contributed by atoms with Crippen molar-refractivity contribution < 1.29 is 14.4 Å². The summed E-state index contributed by atoms with van der Waals surface area (Å²) in [6, 6.07) is 32.0. The van der Waals surface area contributed by atoms with Crippen molar-refractivity contribution in [2.75, 3.05) is 43.4 Å². The summed E-state index contributed by atoms with van der Waals surface area (Å²) in [4.78, 5) is 46.2. The predicted octanol–water partition coefficient (Wildman–Crippen LogP) is 6.71. The van der Waals surface area contributed by atoms with Crippen LogP contribution in [0.3, 0.4) is 0 Å². The average molecular weight is 609 g/mol. The fraction of sp³-hybridized carbons (Fsp3) is 0.250. The van der Waals surface area contributed by atoms with Crippen LogP contribution in [0.2, 0.25) is 5.02 Å². The highest BCUT2D eigenvalue weighted by atomic mass is 35.5. The van der Waals surface area contributed by atoms with Gasteiger partial charge in [-0.1, -0.05) is 91.3 Å². The van der Waals surface area contributed by atoms with Gasteiger partial charge in [-0.3, -0.25) is 14.4 Å². The van der Waals surface area contributed by atoms with Gasteiger partial charge in [0, 0.05) is 51.1 Å². The number of hydrogen-bond donors (Lipinski definition) is 1. The first-order valence-electron chi connectivity index (χ1n) is 14.9. The maximum atomic E-state index is 13.9. The summed E-state index contributed by atoms with van der Waals surface area (Å²) in [5, 5.41) is 3.26. The molecule has 4 aromatic rings. The average Bonchev–Trinajstić information content (AvgIpc) is 3.06. The Bertz CT molecular complexity index is 1600. The molecule has 1 heterocycles. The molecule has 1 fully saturated rings. The number of carbonyl (C=O) groups excluding carboxylic acids is 3. The number of piperazine rings is 1. The summed E-state index contributed by atoms with van der Waals surface area (Å²) in [6.07, 6.45) is 0.733. The molecule has 0 aliphatic carbocycles. The van der Waals surface area contributed by atoms with E-state index in [0.717, 1.165) is 23.2 Å². The maximum Gasteiger partial charge on any atom is 0.257 e. The summed E-state index contributed by atoms with van der Waals surface area (Å²) < 4.78 is 0. The summed E-state index contributed by atoms with van der Waals surface area (Å²) >= 11 is 6.25. The number of halogens is 1. The molecule has 0 spiro atoms. The second-order valence-corrected chi connectivity index (χ2v) is 11.4. The normalized spacial score (nSPS) is 13.7. The topological polar surface area (TPSA) is 73.0 Å². The zero-order valence-electron chi connectivity index (χ0n) is 25.1. The Morgan fingerprint density at radius 1 is 0.818 bits per heavy atom. The molecule has 1 atom stereocenters. The number of hydrogen-bond acceptors (Lipinski definition) is 4. The molecule has 3 amide bonds. The van der Waals surface area contributed by atoms with E-state index in [2.05, 4.69) is 10.2 Å². The van der Waals surface area contributed by atoms with Crippen LogP contribution in [-0.4, -0.2) is 60.7 Å². The van der Waals surface area contributed by atoms with Gasteiger partial charge < -0.3 is 20.0 Å². The minimum absolute atomic E-state index is 0.134. The minimum Gasteiger partial charge on any atom is -0.367 e. The van der Waals surface area contributed by atoms with E-state index in [1.807, 2.05) is 78.6 Å². The molecule has 1 saturated heterocycles. The Hall–Kier alpha value is -4.62. The smallest absolute Gasteiger partial charge is 0.257 e. The zero-order chi connectivity index (χ0) is 31.1. The Balaban J connectivity index is 1.37. The van der Waals surface area contributed by atoms with Gasteiger partial charge in [-0.25, -0.2) is 0 Å². The Kier molecular flexibility index (Phi) is 9.97. The molecule has 4 aromatic carbocycles. The number of carbonyl (C=O) groups is 3. The molecule has 1 aliphatic heterocycles. The summed E-state index contributed by atoms with van der Waals surface area (Å²) in [6.45, 7) is 4.77. The first-order valence-corrected chi connectivity index (χ1v) is 15.3. The molecule has 0 radical (unpaired) electrons. The summed E-state index contributed by atoms with van der Waals surface area (Å²) in [5.74, 6) is -0.552. The van der Waals surface area contributed by atoms with Gasteiger partial charge in [-0.2, -0.15) is 0 Å². The van der Waals surface area contributed by atoms with Crippen molar-refractivity contribution in [1.29, 1.82) is 0 Å². The van der Waals surface area contributed by atoms with Gasteiger partial charge in [0.2, 0.25) is 5.91 Å². The largest absolute Gasteiger partial charge is 0.367 e. The number of amides is 3. The highest BCUT2D eigenvalue weighted by Gasteiger charge is 2.29. The summed E-state index contributed by atoms with van der Waals surface area (Å²) in [7, 11) is 1.78. The Morgan fingerprint density at radius 3 is 2.11 bits per heavy atom. The van der Waals surface area contributed by atoms with Crippen molar-refractivity contribution in [2.24, 2.45) is 0 Å². The van der Waals surface area contributed by atoms with Crippen molar-refractivity contribution >= 4 is 40.7 Å².